The van der Waals surface area contributed by atoms with Crippen molar-refractivity contribution in [2.24, 2.45) is 0 Å². The molecule has 0 aliphatic rings. The Morgan fingerprint density at radius 3 is 2.74 bits per heavy atom. The van der Waals surface area contributed by atoms with E-state index in [4.69, 9.17) is 11.6 Å². The maximum absolute atomic E-state index is 12.5. The first-order valence-electron chi connectivity index (χ1n) is 6.78. The van der Waals surface area contributed by atoms with Gasteiger partial charge in [-0.05, 0) is 35.9 Å². The summed E-state index contributed by atoms with van der Waals surface area (Å²) < 4.78 is 1.90. The summed E-state index contributed by atoms with van der Waals surface area (Å²) in [6.07, 6.45) is 5.13. The summed E-state index contributed by atoms with van der Waals surface area (Å²) in [7, 11) is 0. The summed E-state index contributed by atoms with van der Waals surface area (Å²) in [5.74, 6) is 0.519. The molecule has 0 aliphatic heterocycles. The number of halogens is 1. The first-order valence-corrected chi connectivity index (χ1v) is 7.97. The van der Waals surface area contributed by atoms with Gasteiger partial charge in [0.2, 0.25) is 4.96 Å². The first kappa shape index (κ1) is 14.0. The van der Waals surface area contributed by atoms with Crippen molar-refractivity contribution in [2.45, 2.75) is 0 Å². The standard InChI is InChI=1S/C16H9ClN4OS/c17-12-3-1-2-10(8-12)9-13-15(22)21-16(23-13)19-14(20-21)11-4-6-18-7-5-11/h1-9H/b13-9-. The molecule has 112 valence electrons. The highest BCUT2D eigenvalue weighted by Crippen LogP contribution is 2.15. The summed E-state index contributed by atoms with van der Waals surface area (Å²) in [6, 6.07) is 11.0. The fraction of sp³-hybridized carbons (Fsp3) is 0. The number of aromatic nitrogens is 4. The number of hydrogen-bond donors (Lipinski definition) is 0. The lowest BCUT2D eigenvalue weighted by Gasteiger charge is -1.92. The lowest BCUT2D eigenvalue weighted by Crippen LogP contribution is -2.23. The van der Waals surface area contributed by atoms with Crippen LogP contribution in [0.1, 0.15) is 5.56 Å². The Labute approximate surface area is 139 Å². The van der Waals surface area contributed by atoms with Crippen molar-refractivity contribution in [3.63, 3.8) is 0 Å². The molecule has 3 aromatic heterocycles. The molecule has 7 heteroatoms. The van der Waals surface area contributed by atoms with E-state index in [1.165, 1.54) is 15.9 Å². The molecule has 23 heavy (non-hydrogen) atoms. The van der Waals surface area contributed by atoms with Gasteiger partial charge in [0.05, 0.1) is 4.53 Å². The Morgan fingerprint density at radius 1 is 1.17 bits per heavy atom. The van der Waals surface area contributed by atoms with E-state index in [1.54, 1.807) is 30.6 Å². The van der Waals surface area contributed by atoms with Crippen molar-refractivity contribution in [2.75, 3.05) is 0 Å². The minimum absolute atomic E-state index is 0.183. The van der Waals surface area contributed by atoms with Gasteiger partial charge in [-0.1, -0.05) is 35.1 Å². The number of hydrogen-bond acceptors (Lipinski definition) is 5. The van der Waals surface area contributed by atoms with Gasteiger partial charge in [0.15, 0.2) is 5.82 Å². The Hall–Kier alpha value is -2.57. The van der Waals surface area contributed by atoms with Crippen molar-refractivity contribution in [1.29, 1.82) is 0 Å². The van der Waals surface area contributed by atoms with Crippen LogP contribution in [0.15, 0.2) is 53.6 Å². The van der Waals surface area contributed by atoms with Crippen LogP contribution < -0.4 is 10.1 Å². The molecule has 0 aliphatic carbocycles. The van der Waals surface area contributed by atoms with Gasteiger partial charge in [0.1, 0.15) is 0 Å². The maximum Gasteiger partial charge on any atom is 0.291 e. The Balaban J connectivity index is 1.84. The minimum Gasteiger partial charge on any atom is -0.266 e. The third-order valence-corrected chi connectivity index (χ3v) is 4.46. The van der Waals surface area contributed by atoms with Crippen LogP contribution in [-0.2, 0) is 0 Å². The summed E-state index contributed by atoms with van der Waals surface area (Å²) >= 11 is 7.27. The quantitative estimate of drug-likeness (QED) is 0.562. The summed E-state index contributed by atoms with van der Waals surface area (Å²) in [5, 5.41) is 4.92. The Morgan fingerprint density at radius 2 is 2.00 bits per heavy atom. The van der Waals surface area contributed by atoms with Crippen molar-refractivity contribution in [3.8, 4) is 11.4 Å². The van der Waals surface area contributed by atoms with Gasteiger partial charge in [0, 0.05) is 23.0 Å². The Kier molecular flexibility index (Phi) is 3.40. The molecule has 4 aromatic rings. The van der Waals surface area contributed by atoms with Gasteiger partial charge in [-0.25, -0.2) is 0 Å². The first-order chi connectivity index (χ1) is 11.2. The van der Waals surface area contributed by atoms with E-state index in [0.29, 0.717) is 20.3 Å². The number of thiazole rings is 1. The second kappa shape index (κ2) is 5.57. The highest BCUT2D eigenvalue weighted by Gasteiger charge is 2.11. The van der Waals surface area contributed by atoms with Crippen LogP contribution in [0, 0.1) is 0 Å². The molecule has 5 nitrogen and oxygen atoms in total. The van der Waals surface area contributed by atoms with Crippen LogP contribution in [0.2, 0.25) is 5.02 Å². The molecule has 4 rings (SSSR count). The van der Waals surface area contributed by atoms with Gasteiger partial charge in [-0.3, -0.25) is 9.78 Å². The third kappa shape index (κ3) is 2.62. The zero-order chi connectivity index (χ0) is 15.8. The molecule has 0 N–H and O–H groups in total. The number of rotatable bonds is 2. The van der Waals surface area contributed by atoms with Gasteiger partial charge >= 0.3 is 0 Å². The van der Waals surface area contributed by atoms with Crippen LogP contribution in [0.4, 0.5) is 0 Å². The lowest BCUT2D eigenvalue weighted by molar-refractivity contribution is 0.936. The van der Waals surface area contributed by atoms with Gasteiger partial charge in [0.25, 0.3) is 5.56 Å². The SMILES string of the molecule is O=c1/c(=C/c2cccc(Cl)c2)sc2nc(-c3ccncc3)nn12. The second-order valence-electron chi connectivity index (χ2n) is 4.84. The van der Waals surface area contributed by atoms with E-state index >= 15 is 0 Å². The van der Waals surface area contributed by atoms with Gasteiger partial charge in [-0.2, -0.15) is 9.50 Å². The topological polar surface area (TPSA) is 60.2 Å². The molecule has 0 amide bonds. The minimum atomic E-state index is -0.183. The smallest absolute Gasteiger partial charge is 0.266 e. The van der Waals surface area contributed by atoms with E-state index in [2.05, 4.69) is 15.1 Å². The van der Waals surface area contributed by atoms with Crippen LogP contribution in [0.5, 0.6) is 0 Å². The fourth-order valence-electron chi connectivity index (χ4n) is 2.20. The summed E-state index contributed by atoms with van der Waals surface area (Å²) in [6.45, 7) is 0. The van der Waals surface area contributed by atoms with Crippen LogP contribution in [0.25, 0.3) is 22.4 Å². The molecule has 3 heterocycles. The zero-order valence-corrected chi connectivity index (χ0v) is 13.3. The van der Waals surface area contributed by atoms with Crippen LogP contribution in [-0.4, -0.2) is 19.6 Å². The van der Waals surface area contributed by atoms with Crippen molar-refractivity contribution in [3.05, 3.63) is 74.3 Å². The molecule has 0 bridgehead atoms. The molecule has 0 saturated carbocycles. The molecular weight excluding hydrogens is 332 g/mol. The van der Waals surface area contributed by atoms with Crippen LogP contribution in [0.3, 0.4) is 0 Å². The summed E-state index contributed by atoms with van der Waals surface area (Å²) in [5.41, 5.74) is 1.52. The molecule has 0 unspecified atom stereocenters. The van der Waals surface area contributed by atoms with Crippen molar-refractivity contribution >= 4 is 34.0 Å². The molecule has 0 atom stereocenters. The predicted molar refractivity (Wildman–Crippen MR) is 90.6 cm³/mol. The monoisotopic (exact) mass is 340 g/mol. The lowest BCUT2D eigenvalue weighted by atomic mass is 10.2. The van der Waals surface area contributed by atoms with E-state index in [1.807, 2.05) is 24.3 Å². The van der Waals surface area contributed by atoms with E-state index in [-0.39, 0.29) is 5.56 Å². The van der Waals surface area contributed by atoms with E-state index in [9.17, 15) is 4.79 Å². The normalized spacial score (nSPS) is 12.1. The zero-order valence-electron chi connectivity index (χ0n) is 11.7. The third-order valence-electron chi connectivity index (χ3n) is 3.27. The number of nitrogens with zero attached hydrogens (tertiary/aromatic N) is 4. The highest BCUT2D eigenvalue weighted by atomic mass is 35.5. The van der Waals surface area contributed by atoms with Crippen molar-refractivity contribution < 1.29 is 0 Å². The summed E-state index contributed by atoms with van der Waals surface area (Å²) in [4.78, 5) is 21.4. The molecule has 0 spiro atoms. The van der Waals surface area contributed by atoms with Gasteiger partial charge < -0.3 is 0 Å². The molecule has 0 saturated heterocycles. The average molecular weight is 341 g/mol. The van der Waals surface area contributed by atoms with E-state index in [0.717, 1.165) is 11.1 Å². The fourth-order valence-corrected chi connectivity index (χ4v) is 3.31. The predicted octanol–water partition coefficient (Wildman–Crippen LogP) is 2.41. The molecule has 0 fully saturated rings. The highest BCUT2D eigenvalue weighted by molar-refractivity contribution is 7.15. The molecular formula is C16H9ClN4OS. The van der Waals surface area contributed by atoms with E-state index < -0.39 is 0 Å². The number of pyridine rings is 1. The number of benzene rings is 1. The molecule has 1 aromatic carbocycles. The average Bonchev–Trinajstić information content (AvgIpc) is 3.09. The molecule has 0 radical (unpaired) electrons. The Bertz CT molecular complexity index is 1100. The second-order valence-corrected chi connectivity index (χ2v) is 6.28. The largest absolute Gasteiger partial charge is 0.291 e. The van der Waals surface area contributed by atoms with Gasteiger partial charge in [-0.15, -0.1) is 5.10 Å². The number of fused-ring (bicyclic) bond motifs is 1. The van der Waals surface area contributed by atoms with Crippen molar-refractivity contribution in [1.82, 2.24) is 19.6 Å². The maximum atomic E-state index is 12.5. The van der Waals surface area contributed by atoms with Crippen LogP contribution >= 0.6 is 22.9 Å².